The van der Waals surface area contributed by atoms with Gasteiger partial charge in [-0.3, -0.25) is 0 Å². The molecule has 2 atom stereocenters. The molecule has 2 N–H and O–H groups in total. The number of halogens is 2. The lowest BCUT2D eigenvalue weighted by Crippen LogP contribution is -2.36. The number of nitrogens with one attached hydrogen (secondary N) is 1. The number of hydrogen-bond acceptors (Lipinski definition) is 2. The van der Waals surface area contributed by atoms with E-state index >= 15 is 0 Å². The molecule has 0 amide bonds. The lowest BCUT2D eigenvalue weighted by atomic mass is 10.0. The summed E-state index contributed by atoms with van der Waals surface area (Å²) in [5.41, 5.74) is 2.15. The summed E-state index contributed by atoms with van der Waals surface area (Å²) >= 11 is 3.38. The van der Waals surface area contributed by atoms with Crippen LogP contribution in [0.3, 0.4) is 0 Å². The SMILES string of the molecule is CC(N[C@H](CO)Cc1ccccc1)c1ccc(F)cc1Br. The van der Waals surface area contributed by atoms with Gasteiger partial charge in [0.05, 0.1) is 6.61 Å². The zero-order valence-electron chi connectivity index (χ0n) is 11.9. The van der Waals surface area contributed by atoms with Crippen molar-refractivity contribution in [1.82, 2.24) is 5.32 Å². The summed E-state index contributed by atoms with van der Waals surface area (Å²) in [4.78, 5) is 0. The quantitative estimate of drug-likeness (QED) is 0.828. The van der Waals surface area contributed by atoms with Gasteiger partial charge in [-0.1, -0.05) is 52.3 Å². The third-order valence-electron chi connectivity index (χ3n) is 3.46. The van der Waals surface area contributed by atoms with Crippen molar-refractivity contribution in [3.63, 3.8) is 0 Å². The minimum Gasteiger partial charge on any atom is -0.395 e. The number of aliphatic hydroxyl groups is 1. The third kappa shape index (κ3) is 4.63. The summed E-state index contributed by atoms with van der Waals surface area (Å²) in [6.45, 7) is 2.06. The molecule has 0 aliphatic heterocycles. The van der Waals surface area contributed by atoms with E-state index in [1.165, 1.54) is 17.7 Å². The Balaban J connectivity index is 2.04. The minimum atomic E-state index is -0.263. The van der Waals surface area contributed by atoms with E-state index in [-0.39, 0.29) is 24.5 Å². The molecule has 2 aromatic rings. The van der Waals surface area contributed by atoms with E-state index in [0.717, 1.165) is 16.5 Å². The topological polar surface area (TPSA) is 32.3 Å². The van der Waals surface area contributed by atoms with E-state index in [4.69, 9.17) is 0 Å². The van der Waals surface area contributed by atoms with Crippen LogP contribution in [0, 0.1) is 5.82 Å². The van der Waals surface area contributed by atoms with Crippen LogP contribution in [-0.4, -0.2) is 17.8 Å². The highest BCUT2D eigenvalue weighted by molar-refractivity contribution is 9.10. The predicted octanol–water partition coefficient (Wildman–Crippen LogP) is 3.84. The maximum Gasteiger partial charge on any atom is 0.124 e. The molecule has 4 heteroatoms. The Kier molecular flexibility index (Phi) is 5.91. The van der Waals surface area contributed by atoms with E-state index in [1.807, 2.05) is 37.3 Å². The van der Waals surface area contributed by atoms with Crippen molar-refractivity contribution in [3.05, 3.63) is 69.9 Å². The summed E-state index contributed by atoms with van der Waals surface area (Å²) in [6, 6.07) is 14.7. The summed E-state index contributed by atoms with van der Waals surface area (Å²) < 4.78 is 13.9. The molecule has 0 aromatic heterocycles. The maximum atomic E-state index is 13.1. The number of hydrogen-bond donors (Lipinski definition) is 2. The van der Waals surface area contributed by atoms with Crippen LogP contribution in [0.4, 0.5) is 4.39 Å². The Hall–Kier alpha value is -1.23. The van der Waals surface area contributed by atoms with Gasteiger partial charge in [-0.2, -0.15) is 0 Å². The van der Waals surface area contributed by atoms with Gasteiger partial charge >= 0.3 is 0 Å². The first kappa shape index (κ1) is 16.1. The molecule has 0 fully saturated rings. The molecule has 0 saturated carbocycles. The number of benzene rings is 2. The van der Waals surface area contributed by atoms with Gasteiger partial charge in [0.15, 0.2) is 0 Å². The van der Waals surface area contributed by atoms with Gasteiger partial charge in [0, 0.05) is 16.6 Å². The normalized spacial score (nSPS) is 13.9. The molecule has 0 aliphatic carbocycles. The van der Waals surface area contributed by atoms with Crippen LogP contribution in [0.5, 0.6) is 0 Å². The third-order valence-corrected chi connectivity index (χ3v) is 4.15. The lowest BCUT2D eigenvalue weighted by Gasteiger charge is -2.23. The van der Waals surface area contributed by atoms with Gasteiger partial charge in [0.1, 0.15) is 5.82 Å². The Bertz CT molecular complexity index is 576. The molecule has 0 spiro atoms. The van der Waals surface area contributed by atoms with Crippen molar-refractivity contribution in [1.29, 1.82) is 0 Å². The first-order valence-electron chi connectivity index (χ1n) is 6.96. The van der Waals surface area contributed by atoms with Crippen molar-refractivity contribution in [3.8, 4) is 0 Å². The van der Waals surface area contributed by atoms with Crippen molar-refractivity contribution in [2.75, 3.05) is 6.61 Å². The van der Waals surface area contributed by atoms with Crippen LogP contribution in [0.1, 0.15) is 24.1 Å². The minimum absolute atomic E-state index is 0.0147. The van der Waals surface area contributed by atoms with Crippen LogP contribution in [0.25, 0.3) is 0 Å². The van der Waals surface area contributed by atoms with E-state index in [9.17, 15) is 9.50 Å². The lowest BCUT2D eigenvalue weighted by molar-refractivity contribution is 0.232. The average molecular weight is 352 g/mol. The molecular formula is C17H19BrFNO. The van der Waals surface area contributed by atoms with Crippen LogP contribution in [0.2, 0.25) is 0 Å². The molecule has 0 bridgehead atoms. The molecule has 0 radical (unpaired) electrons. The van der Waals surface area contributed by atoms with E-state index < -0.39 is 0 Å². The highest BCUT2D eigenvalue weighted by Gasteiger charge is 2.15. The van der Waals surface area contributed by atoms with Crippen LogP contribution in [0.15, 0.2) is 53.0 Å². The highest BCUT2D eigenvalue weighted by atomic mass is 79.9. The molecular weight excluding hydrogens is 333 g/mol. The average Bonchev–Trinajstić information content (AvgIpc) is 2.47. The Morgan fingerprint density at radius 2 is 1.90 bits per heavy atom. The van der Waals surface area contributed by atoms with Crippen LogP contribution in [-0.2, 0) is 6.42 Å². The summed E-state index contributed by atoms with van der Waals surface area (Å²) in [5, 5.41) is 13.0. The fraction of sp³-hybridized carbons (Fsp3) is 0.294. The zero-order valence-corrected chi connectivity index (χ0v) is 13.5. The van der Waals surface area contributed by atoms with Gasteiger partial charge in [-0.25, -0.2) is 4.39 Å². The van der Waals surface area contributed by atoms with Crippen molar-refractivity contribution < 1.29 is 9.50 Å². The second-order valence-electron chi connectivity index (χ2n) is 5.12. The molecule has 0 aliphatic rings. The number of aliphatic hydroxyl groups excluding tert-OH is 1. The van der Waals surface area contributed by atoms with E-state index in [2.05, 4.69) is 21.2 Å². The Morgan fingerprint density at radius 1 is 1.19 bits per heavy atom. The van der Waals surface area contributed by atoms with E-state index in [0.29, 0.717) is 0 Å². The second kappa shape index (κ2) is 7.69. The molecule has 21 heavy (non-hydrogen) atoms. The van der Waals surface area contributed by atoms with Crippen molar-refractivity contribution >= 4 is 15.9 Å². The van der Waals surface area contributed by atoms with Crippen molar-refractivity contribution in [2.45, 2.75) is 25.4 Å². The van der Waals surface area contributed by atoms with Gasteiger partial charge in [-0.15, -0.1) is 0 Å². The smallest absolute Gasteiger partial charge is 0.124 e. The van der Waals surface area contributed by atoms with Gasteiger partial charge in [-0.05, 0) is 36.6 Å². The van der Waals surface area contributed by atoms with Crippen LogP contribution < -0.4 is 5.32 Å². The van der Waals surface area contributed by atoms with Crippen LogP contribution >= 0.6 is 15.9 Å². The zero-order chi connectivity index (χ0) is 15.2. The van der Waals surface area contributed by atoms with Gasteiger partial charge in [0.2, 0.25) is 0 Å². The van der Waals surface area contributed by atoms with Gasteiger partial charge in [0.25, 0.3) is 0 Å². The summed E-state index contributed by atoms with van der Waals surface area (Å²) in [5.74, 6) is -0.263. The predicted molar refractivity (Wildman–Crippen MR) is 86.7 cm³/mol. The molecule has 2 aromatic carbocycles. The number of rotatable bonds is 6. The molecule has 2 rings (SSSR count). The molecule has 112 valence electrons. The monoisotopic (exact) mass is 351 g/mol. The molecule has 1 unspecified atom stereocenters. The molecule has 2 nitrogen and oxygen atoms in total. The Labute approximate surface area is 133 Å². The largest absolute Gasteiger partial charge is 0.395 e. The van der Waals surface area contributed by atoms with E-state index in [1.54, 1.807) is 6.07 Å². The first-order chi connectivity index (χ1) is 10.1. The summed E-state index contributed by atoms with van der Waals surface area (Å²) in [6.07, 6.45) is 0.750. The fourth-order valence-electron chi connectivity index (χ4n) is 2.37. The van der Waals surface area contributed by atoms with Crippen molar-refractivity contribution in [2.24, 2.45) is 0 Å². The summed E-state index contributed by atoms with van der Waals surface area (Å²) in [7, 11) is 0. The standard InChI is InChI=1S/C17H19BrFNO/c1-12(16-8-7-14(19)10-17(16)18)20-15(11-21)9-13-5-3-2-4-6-13/h2-8,10,12,15,20-21H,9,11H2,1H3/t12?,15-/m0/s1. The highest BCUT2D eigenvalue weighted by Crippen LogP contribution is 2.24. The molecule has 0 heterocycles. The second-order valence-corrected chi connectivity index (χ2v) is 5.98. The van der Waals surface area contributed by atoms with Gasteiger partial charge < -0.3 is 10.4 Å². The molecule has 0 saturated heterocycles. The fourth-order valence-corrected chi connectivity index (χ4v) is 3.07. The maximum absolute atomic E-state index is 13.1. The Morgan fingerprint density at radius 3 is 2.52 bits per heavy atom. The first-order valence-corrected chi connectivity index (χ1v) is 7.75.